The zero-order chi connectivity index (χ0) is 14.5. The molecule has 1 rings (SSSR count). The number of ether oxygens (including phenoxy) is 1. The molecule has 4 nitrogen and oxygen atoms in total. The fourth-order valence-corrected chi connectivity index (χ4v) is 2.79. The largest absolute Gasteiger partial charge is 0.468 e. The predicted molar refractivity (Wildman–Crippen MR) is 78.1 cm³/mol. The molecule has 0 aromatic rings. The minimum atomic E-state index is -0.522. The van der Waals surface area contributed by atoms with E-state index in [1.54, 1.807) is 0 Å². The van der Waals surface area contributed by atoms with Crippen LogP contribution in [-0.4, -0.2) is 49.7 Å². The van der Waals surface area contributed by atoms with Crippen LogP contribution in [0, 0.1) is 5.92 Å². The molecule has 4 heteroatoms. The molecule has 0 spiro atoms. The van der Waals surface area contributed by atoms with Gasteiger partial charge in [-0.1, -0.05) is 13.3 Å². The predicted octanol–water partition coefficient (Wildman–Crippen LogP) is 2.04. The van der Waals surface area contributed by atoms with E-state index in [0.717, 1.165) is 25.9 Å². The first-order valence-corrected chi connectivity index (χ1v) is 7.51. The van der Waals surface area contributed by atoms with E-state index in [2.05, 4.69) is 38.0 Å². The lowest BCUT2D eigenvalue weighted by atomic mass is 9.91. The summed E-state index contributed by atoms with van der Waals surface area (Å²) in [6.45, 7) is 8.14. The minimum Gasteiger partial charge on any atom is -0.468 e. The Morgan fingerprint density at radius 1 is 1.47 bits per heavy atom. The van der Waals surface area contributed by atoms with E-state index >= 15 is 0 Å². The van der Waals surface area contributed by atoms with Crippen LogP contribution in [0.3, 0.4) is 0 Å². The number of methoxy groups -OCH3 is 1. The molecule has 1 N–H and O–H groups in total. The lowest BCUT2D eigenvalue weighted by molar-refractivity contribution is -0.151. The molecule has 1 saturated carbocycles. The Hall–Kier alpha value is -0.610. The summed E-state index contributed by atoms with van der Waals surface area (Å²) >= 11 is 0. The number of hydrogen-bond acceptors (Lipinski definition) is 4. The van der Waals surface area contributed by atoms with Crippen molar-refractivity contribution in [3.8, 4) is 0 Å². The number of nitrogens with zero attached hydrogens (tertiary/aromatic N) is 1. The summed E-state index contributed by atoms with van der Waals surface area (Å²) in [5, 5.41) is 3.50. The Bertz CT molecular complexity index is 290. The van der Waals surface area contributed by atoms with E-state index in [1.807, 2.05) is 0 Å². The molecule has 0 radical (unpaired) electrons. The van der Waals surface area contributed by atoms with Gasteiger partial charge in [-0.3, -0.25) is 5.32 Å². The van der Waals surface area contributed by atoms with Gasteiger partial charge in [-0.15, -0.1) is 0 Å². The summed E-state index contributed by atoms with van der Waals surface area (Å²) < 4.78 is 5.10. The highest BCUT2D eigenvalue weighted by atomic mass is 16.5. The summed E-state index contributed by atoms with van der Waals surface area (Å²) in [4.78, 5) is 14.6. The SMILES string of the molecule is CCCCN(C)CC(NC(C)C)(C(=O)OC)C1CC1. The molecule has 1 fully saturated rings. The molecule has 112 valence electrons. The molecular weight excluding hydrogens is 240 g/mol. The van der Waals surface area contributed by atoms with Gasteiger partial charge in [0.25, 0.3) is 0 Å². The third-order valence-corrected chi connectivity index (χ3v) is 3.78. The van der Waals surface area contributed by atoms with E-state index in [-0.39, 0.29) is 12.0 Å². The molecule has 19 heavy (non-hydrogen) atoms. The number of rotatable bonds is 9. The van der Waals surface area contributed by atoms with Crippen LogP contribution in [0.5, 0.6) is 0 Å². The summed E-state index contributed by atoms with van der Waals surface area (Å²) in [5.41, 5.74) is -0.522. The number of esters is 1. The second-order valence-corrected chi connectivity index (χ2v) is 6.13. The molecular formula is C15H30N2O2. The maximum atomic E-state index is 12.3. The van der Waals surface area contributed by atoms with Gasteiger partial charge in [-0.2, -0.15) is 0 Å². The monoisotopic (exact) mass is 270 g/mol. The van der Waals surface area contributed by atoms with Crippen molar-refractivity contribution in [3.63, 3.8) is 0 Å². The Kier molecular flexibility index (Phi) is 6.27. The van der Waals surface area contributed by atoms with Crippen molar-refractivity contribution in [1.29, 1.82) is 0 Å². The van der Waals surface area contributed by atoms with E-state index in [1.165, 1.54) is 20.0 Å². The number of likely N-dealkylation sites (N-methyl/N-ethyl adjacent to an activating group) is 1. The van der Waals surface area contributed by atoms with Crippen LogP contribution >= 0.6 is 0 Å². The Morgan fingerprint density at radius 3 is 2.53 bits per heavy atom. The second kappa shape index (κ2) is 7.25. The van der Waals surface area contributed by atoms with Crippen LogP contribution in [0.2, 0.25) is 0 Å². The molecule has 1 unspecified atom stereocenters. The molecule has 1 aliphatic carbocycles. The van der Waals surface area contributed by atoms with Gasteiger partial charge >= 0.3 is 5.97 Å². The van der Waals surface area contributed by atoms with E-state index < -0.39 is 5.54 Å². The molecule has 0 heterocycles. The van der Waals surface area contributed by atoms with Crippen LogP contribution in [0.1, 0.15) is 46.5 Å². The van der Waals surface area contributed by atoms with Gasteiger partial charge < -0.3 is 9.64 Å². The first kappa shape index (κ1) is 16.4. The average molecular weight is 270 g/mol. The van der Waals surface area contributed by atoms with Gasteiger partial charge in [-0.25, -0.2) is 4.79 Å². The molecule has 0 amide bonds. The number of carbonyl (C=O) groups is 1. The van der Waals surface area contributed by atoms with Crippen molar-refractivity contribution in [2.24, 2.45) is 5.92 Å². The van der Waals surface area contributed by atoms with Crippen LogP contribution < -0.4 is 5.32 Å². The van der Waals surface area contributed by atoms with Crippen molar-refractivity contribution in [2.45, 2.75) is 58.0 Å². The molecule has 0 saturated heterocycles. The lowest BCUT2D eigenvalue weighted by Gasteiger charge is -2.37. The Balaban J connectivity index is 2.79. The Labute approximate surface area is 117 Å². The standard InChI is InChI=1S/C15H30N2O2/c1-6-7-10-17(4)11-15(13-8-9-13,14(18)19-5)16-12(2)3/h12-13,16H,6-11H2,1-5H3. The Morgan fingerprint density at radius 2 is 2.11 bits per heavy atom. The van der Waals surface area contributed by atoms with Gasteiger partial charge in [0.15, 0.2) is 0 Å². The smallest absolute Gasteiger partial charge is 0.327 e. The topological polar surface area (TPSA) is 41.6 Å². The molecule has 1 aliphatic rings. The summed E-state index contributed by atoms with van der Waals surface area (Å²) in [5.74, 6) is 0.318. The number of unbranched alkanes of at least 4 members (excludes halogenated alkanes) is 1. The maximum Gasteiger partial charge on any atom is 0.327 e. The minimum absolute atomic E-state index is 0.105. The molecule has 0 aromatic carbocycles. The number of hydrogen-bond donors (Lipinski definition) is 1. The highest BCUT2D eigenvalue weighted by Gasteiger charge is 2.52. The van der Waals surface area contributed by atoms with Gasteiger partial charge in [0.05, 0.1) is 7.11 Å². The van der Waals surface area contributed by atoms with Gasteiger partial charge in [-0.05, 0) is 52.6 Å². The van der Waals surface area contributed by atoms with Gasteiger partial charge in [0.1, 0.15) is 5.54 Å². The van der Waals surface area contributed by atoms with Crippen LogP contribution in [0.15, 0.2) is 0 Å². The lowest BCUT2D eigenvalue weighted by Crippen LogP contribution is -2.62. The second-order valence-electron chi connectivity index (χ2n) is 6.13. The fraction of sp³-hybridized carbons (Fsp3) is 0.933. The molecule has 1 atom stereocenters. The van der Waals surface area contributed by atoms with Crippen molar-refractivity contribution >= 4 is 5.97 Å². The van der Waals surface area contributed by atoms with Crippen molar-refractivity contribution in [1.82, 2.24) is 10.2 Å². The summed E-state index contributed by atoms with van der Waals surface area (Å²) in [6.07, 6.45) is 4.59. The van der Waals surface area contributed by atoms with Crippen LogP contribution in [0.4, 0.5) is 0 Å². The van der Waals surface area contributed by atoms with Crippen molar-refractivity contribution in [2.75, 3.05) is 27.2 Å². The van der Waals surface area contributed by atoms with Gasteiger partial charge in [0, 0.05) is 12.6 Å². The van der Waals surface area contributed by atoms with Crippen molar-refractivity contribution < 1.29 is 9.53 Å². The van der Waals surface area contributed by atoms with E-state index in [4.69, 9.17) is 4.74 Å². The van der Waals surface area contributed by atoms with Gasteiger partial charge in [0.2, 0.25) is 0 Å². The zero-order valence-electron chi connectivity index (χ0n) is 13.2. The first-order chi connectivity index (χ1) is 8.96. The third kappa shape index (κ3) is 4.46. The highest BCUT2D eigenvalue weighted by molar-refractivity contribution is 5.82. The summed E-state index contributed by atoms with van der Waals surface area (Å²) in [6, 6.07) is 0.277. The van der Waals surface area contributed by atoms with Crippen LogP contribution in [-0.2, 0) is 9.53 Å². The highest BCUT2D eigenvalue weighted by Crippen LogP contribution is 2.41. The summed E-state index contributed by atoms with van der Waals surface area (Å²) in [7, 11) is 3.59. The van der Waals surface area contributed by atoms with E-state index in [0.29, 0.717) is 5.92 Å². The van der Waals surface area contributed by atoms with E-state index in [9.17, 15) is 4.79 Å². The maximum absolute atomic E-state index is 12.3. The third-order valence-electron chi connectivity index (χ3n) is 3.78. The fourth-order valence-electron chi connectivity index (χ4n) is 2.79. The van der Waals surface area contributed by atoms with Crippen molar-refractivity contribution in [3.05, 3.63) is 0 Å². The average Bonchev–Trinajstić information content (AvgIpc) is 3.18. The number of carbonyl (C=O) groups excluding carboxylic acids is 1. The first-order valence-electron chi connectivity index (χ1n) is 7.51. The quantitative estimate of drug-likeness (QED) is 0.651. The number of nitrogens with one attached hydrogen (secondary N) is 1. The molecule has 0 aliphatic heterocycles. The molecule has 0 bridgehead atoms. The molecule has 0 aromatic heterocycles. The van der Waals surface area contributed by atoms with Crippen LogP contribution in [0.25, 0.3) is 0 Å². The zero-order valence-corrected chi connectivity index (χ0v) is 13.2. The normalized spacial score (nSPS) is 18.7.